The normalized spacial score (nSPS) is 11.7. The minimum atomic E-state index is 0.652. The molecular weight excluding hydrogens is 648 g/mol. The van der Waals surface area contributed by atoms with Gasteiger partial charge >= 0.3 is 0 Å². The molecule has 45 heavy (non-hydrogen) atoms. The van der Waals surface area contributed by atoms with Crippen LogP contribution in [-0.2, 0) is 12.8 Å². The van der Waals surface area contributed by atoms with Crippen molar-refractivity contribution in [1.82, 2.24) is 0 Å². The Morgan fingerprint density at radius 1 is 0.444 bits per heavy atom. The van der Waals surface area contributed by atoms with Crippen LogP contribution in [0.1, 0.15) is 153 Å². The summed E-state index contributed by atoms with van der Waals surface area (Å²) in [6.07, 6.45) is 29.9. The van der Waals surface area contributed by atoms with Gasteiger partial charge in [-0.2, -0.15) is 0 Å². The van der Waals surface area contributed by atoms with Gasteiger partial charge in [0.1, 0.15) is 0 Å². The number of halogens is 2. The van der Waals surface area contributed by atoms with Crippen LogP contribution >= 0.6 is 57.2 Å². The van der Waals surface area contributed by atoms with Crippen molar-refractivity contribution in [1.29, 1.82) is 0 Å². The summed E-state index contributed by atoms with van der Waals surface area (Å²) in [5.41, 5.74) is 2.99. The highest BCUT2D eigenvalue weighted by Crippen LogP contribution is 2.50. The number of benzene rings is 1. The molecule has 3 heterocycles. The number of hydrogen-bond acceptors (Lipinski definition) is 3. The second-order valence-corrected chi connectivity index (χ2v) is 16.7. The van der Waals surface area contributed by atoms with E-state index in [1.54, 1.807) is 0 Å². The van der Waals surface area contributed by atoms with Crippen LogP contribution in [0.2, 0.25) is 10.0 Å². The number of hydrogen-bond donors (Lipinski definition) is 0. The number of rotatable bonds is 24. The first-order chi connectivity index (χ1) is 22.1. The molecule has 0 atom stereocenters. The zero-order valence-electron chi connectivity index (χ0n) is 28.0. The van der Waals surface area contributed by atoms with Gasteiger partial charge in [-0.05, 0) is 71.8 Å². The monoisotopic (exact) mass is 702 g/mol. The Labute approximate surface area is 297 Å². The van der Waals surface area contributed by atoms with Gasteiger partial charge < -0.3 is 0 Å². The molecule has 0 spiro atoms. The van der Waals surface area contributed by atoms with E-state index in [1.807, 2.05) is 34.0 Å². The molecule has 4 aromatic rings. The Bertz CT molecular complexity index is 1280. The lowest BCUT2D eigenvalue weighted by molar-refractivity contribution is 0.556. The smallest absolute Gasteiger partial charge is 0.0599 e. The van der Waals surface area contributed by atoms with E-state index in [1.165, 1.54) is 170 Å². The predicted molar refractivity (Wildman–Crippen MR) is 210 cm³/mol. The zero-order chi connectivity index (χ0) is 31.7. The average molecular weight is 704 g/mol. The van der Waals surface area contributed by atoms with Crippen molar-refractivity contribution in [3.05, 3.63) is 56.2 Å². The molecule has 0 aliphatic carbocycles. The molecule has 1 aromatic carbocycles. The molecule has 0 nitrogen and oxygen atoms in total. The van der Waals surface area contributed by atoms with Crippen molar-refractivity contribution >= 4 is 68.0 Å². The topological polar surface area (TPSA) is 0 Å². The van der Waals surface area contributed by atoms with Crippen LogP contribution in [-0.4, -0.2) is 0 Å². The lowest BCUT2D eigenvalue weighted by Crippen LogP contribution is -1.87. The molecule has 0 bridgehead atoms. The van der Waals surface area contributed by atoms with Crippen LogP contribution in [0, 0.1) is 0 Å². The lowest BCUT2D eigenvalue weighted by Gasteiger charge is -2.05. The fourth-order valence-electron chi connectivity index (χ4n) is 6.54. The molecule has 0 saturated heterocycles. The van der Waals surface area contributed by atoms with Crippen molar-refractivity contribution < 1.29 is 0 Å². The Morgan fingerprint density at radius 2 is 0.778 bits per heavy atom. The first-order valence-electron chi connectivity index (χ1n) is 18.2. The summed E-state index contributed by atoms with van der Waals surface area (Å²) in [5.74, 6) is 0. The van der Waals surface area contributed by atoms with Crippen molar-refractivity contribution in [2.75, 3.05) is 0 Å². The molecule has 248 valence electrons. The van der Waals surface area contributed by atoms with Crippen molar-refractivity contribution in [3.63, 3.8) is 0 Å². The van der Waals surface area contributed by atoms with Crippen LogP contribution in [0.3, 0.4) is 0 Å². The summed E-state index contributed by atoms with van der Waals surface area (Å²) in [6, 6.07) is 8.96. The first kappa shape index (κ1) is 37.0. The third kappa shape index (κ3) is 11.7. The van der Waals surface area contributed by atoms with E-state index in [4.69, 9.17) is 23.2 Å². The van der Waals surface area contributed by atoms with Crippen LogP contribution < -0.4 is 0 Å². The van der Waals surface area contributed by atoms with Gasteiger partial charge in [0.05, 0.1) is 19.8 Å². The molecule has 0 aliphatic heterocycles. The second-order valence-electron chi connectivity index (χ2n) is 13.0. The molecule has 0 fully saturated rings. The molecule has 0 saturated carbocycles. The van der Waals surface area contributed by atoms with E-state index in [-0.39, 0.29) is 0 Å². The van der Waals surface area contributed by atoms with Gasteiger partial charge in [-0.1, -0.05) is 153 Å². The van der Waals surface area contributed by atoms with Crippen LogP contribution in [0.5, 0.6) is 0 Å². The fourth-order valence-corrected chi connectivity index (χ4v) is 10.4. The molecular formula is C40H56Cl2S3. The maximum atomic E-state index is 6.64. The molecule has 0 unspecified atom stereocenters. The van der Waals surface area contributed by atoms with Crippen LogP contribution in [0.4, 0.5) is 0 Å². The molecule has 0 amide bonds. The van der Waals surface area contributed by atoms with Gasteiger partial charge in [0.25, 0.3) is 0 Å². The Balaban J connectivity index is 1.37. The highest BCUT2D eigenvalue weighted by Gasteiger charge is 2.21. The van der Waals surface area contributed by atoms with Crippen molar-refractivity contribution in [3.8, 4) is 19.5 Å². The third-order valence-corrected chi connectivity index (χ3v) is 13.4. The molecule has 5 heteroatoms. The van der Waals surface area contributed by atoms with Crippen LogP contribution in [0.25, 0.3) is 30.3 Å². The third-order valence-electron chi connectivity index (χ3n) is 9.26. The van der Waals surface area contributed by atoms with Gasteiger partial charge in [0.15, 0.2) is 0 Å². The van der Waals surface area contributed by atoms with Gasteiger partial charge in [-0.25, -0.2) is 0 Å². The minimum Gasteiger partial charge on any atom is -0.143 e. The molecule has 0 aliphatic rings. The molecule has 0 N–H and O–H groups in total. The minimum absolute atomic E-state index is 0.652. The first-order valence-corrected chi connectivity index (χ1v) is 21.5. The number of thiophene rings is 3. The SMILES string of the molecule is CCCCCCCCCCCCc1ccsc1-c1sc(-c2sccc2CCCCCCCCCCCC)c2cc(Cl)c(Cl)cc12. The Morgan fingerprint density at radius 3 is 1.13 bits per heavy atom. The Hall–Kier alpha value is -0.840. The highest BCUT2D eigenvalue weighted by atomic mass is 35.5. The van der Waals surface area contributed by atoms with E-state index in [9.17, 15) is 0 Å². The summed E-state index contributed by atoms with van der Waals surface area (Å²) in [7, 11) is 0. The summed E-state index contributed by atoms with van der Waals surface area (Å²) in [5, 5.41) is 8.39. The predicted octanol–water partition coefficient (Wildman–Crippen LogP) is 16.6. The van der Waals surface area contributed by atoms with E-state index in [2.05, 4.69) is 48.9 Å². The second kappa shape index (κ2) is 21.2. The largest absolute Gasteiger partial charge is 0.143 e. The standard InChI is InChI=1S/C40H56Cl2S3/c1-3-5-7-9-11-13-15-17-19-21-23-31-25-27-43-37(31)39-33-29-35(41)36(42)30-34(33)40(45-39)38-32(26-28-44-38)24-22-20-18-16-14-12-10-8-6-4-2/h25-30H,3-24H2,1-2H3. The highest BCUT2D eigenvalue weighted by molar-refractivity contribution is 7.27. The summed E-state index contributed by atoms with van der Waals surface area (Å²) in [4.78, 5) is 5.60. The van der Waals surface area contributed by atoms with E-state index >= 15 is 0 Å². The number of fused-ring (bicyclic) bond motifs is 1. The van der Waals surface area contributed by atoms with Gasteiger partial charge in [0, 0.05) is 20.5 Å². The van der Waals surface area contributed by atoms with Gasteiger partial charge in [-0.3, -0.25) is 0 Å². The fraction of sp³-hybridized carbons (Fsp3) is 0.600. The maximum absolute atomic E-state index is 6.64. The summed E-state index contributed by atoms with van der Waals surface area (Å²) in [6.45, 7) is 4.59. The zero-order valence-corrected chi connectivity index (χ0v) is 32.0. The quantitative estimate of drug-likeness (QED) is 0.0637. The maximum Gasteiger partial charge on any atom is 0.0599 e. The van der Waals surface area contributed by atoms with E-state index < -0.39 is 0 Å². The molecule has 0 radical (unpaired) electrons. The van der Waals surface area contributed by atoms with Crippen LogP contribution in [0.15, 0.2) is 35.0 Å². The van der Waals surface area contributed by atoms with Crippen molar-refractivity contribution in [2.45, 2.75) is 155 Å². The molecule has 4 rings (SSSR count). The van der Waals surface area contributed by atoms with Gasteiger partial charge in [-0.15, -0.1) is 34.0 Å². The summed E-state index contributed by atoms with van der Waals surface area (Å²) >= 11 is 19.0. The lowest BCUT2D eigenvalue weighted by atomic mass is 10.0. The molecule has 3 aromatic heterocycles. The van der Waals surface area contributed by atoms with E-state index in [0.29, 0.717) is 10.0 Å². The van der Waals surface area contributed by atoms with Crippen molar-refractivity contribution in [2.24, 2.45) is 0 Å². The Kier molecular flexibility index (Phi) is 17.4. The average Bonchev–Trinajstić information content (AvgIpc) is 3.78. The summed E-state index contributed by atoms with van der Waals surface area (Å²) < 4.78 is 0. The number of aryl methyl sites for hydroxylation is 2. The van der Waals surface area contributed by atoms with Gasteiger partial charge in [0.2, 0.25) is 0 Å². The number of unbranched alkanes of at least 4 members (excludes halogenated alkanes) is 18. The van der Waals surface area contributed by atoms with E-state index in [0.717, 1.165) is 12.8 Å².